The molecule has 40 heavy (non-hydrogen) atoms. The first kappa shape index (κ1) is 36.5. The Bertz CT molecular complexity index is 876. The zero-order valence-electron chi connectivity index (χ0n) is 28.5. The van der Waals surface area contributed by atoms with Gasteiger partial charge in [-0.2, -0.15) is 0 Å². The van der Waals surface area contributed by atoms with Crippen molar-refractivity contribution in [3.05, 3.63) is 67.5 Å². The number of hydrogen-bond donors (Lipinski definition) is 0. The summed E-state index contributed by atoms with van der Waals surface area (Å²) in [5.74, 6) is 4.37. The average molecular weight is 549 g/mol. The normalized spacial score (nSPS) is 35.4. The van der Waals surface area contributed by atoms with E-state index in [0.717, 1.165) is 30.1 Å². The molecule has 4 saturated carbocycles. The molecule has 0 aliphatic heterocycles. The van der Waals surface area contributed by atoms with Crippen LogP contribution >= 0.6 is 0 Å². The first-order valence-corrected chi connectivity index (χ1v) is 17.1. The lowest BCUT2D eigenvalue weighted by atomic mass is 9.46. The van der Waals surface area contributed by atoms with Gasteiger partial charge in [-0.1, -0.05) is 91.5 Å². The van der Waals surface area contributed by atoms with Crippen LogP contribution in [0.1, 0.15) is 139 Å². The molecule has 0 aromatic rings. The van der Waals surface area contributed by atoms with E-state index in [9.17, 15) is 0 Å². The van der Waals surface area contributed by atoms with Crippen LogP contribution in [0.25, 0.3) is 0 Å². The first-order valence-electron chi connectivity index (χ1n) is 17.1. The van der Waals surface area contributed by atoms with Crippen LogP contribution in [0, 0.1) is 45.8 Å². The van der Waals surface area contributed by atoms with E-state index < -0.39 is 0 Å². The van der Waals surface area contributed by atoms with Gasteiger partial charge in [0.2, 0.25) is 0 Å². The average Bonchev–Trinajstić information content (AvgIpc) is 3.32. The highest BCUT2D eigenvalue weighted by Gasteiger charge is 2.60. The van der Waals surface area contributed by atoms with Crippen LogP contribution in [0.3, 0.4) is 0 Å². The molecule has 4 aliphatic carbocycles. The molecule has 4 aliphatic rings. The zero-order chi connectivity index (χ0) is 30.6. The summed E-state index contributed by atoms with van der Waals surface area (Å²) in [4.78, 5) is 0. The SMILES string of the molecule is C=C/C(C)=C\C.C=C=C(CC=C)[C@H]1CC[C@H]2[C@@H]3CC[C@]4(C=C)CCC(C)(C)CC[C@@H]4[C@H]3CC[C@]12CC.CC.CC. The topological polar surface area (TPSA) is 0 Å². The van der Waals surface area contributed by atoms with Crippen LogP contribution in [0.4, 0.5) is 0 Å². The number of hydrogen-bond acceptors (Lipinski definition) is 0. The maximum atomic E-state index is 4.42. The Hall–Kier alpha value is -1.52. The lowest BCUT2D eigenvalue weighted by molar-refractivity contribution is -0.0782. The third kappa shape index (κ3) is 7.65. The van der Waals surface area contributed by atoms with Gasteiger partial charge >= 0.3 is 0 Å². The van der Waals surface area contributed by atoms with Gasteiger partial charge in [-0.15, -0.1) is 18.9 Å². The largest absolute Gasteiger partial charge is 0.129 e. The van der Waals surface area contributed by atoms with Crippen LogP contribution in [-0.2, 0) is 0 Å². The summed E-state index contributed by atoms with van der Waals surface area (Å²) in [5, 5.41) is 0. The van der Waals surface area contributed by atoms with Gasteiger partial charge in [0.15, 0.2) is 0 Å². The van der Waals surface area contributed by atoms with Crippen molar-refractivity contribution in [2.45, 2.75) is 139 Å². The van der Waals surface area contributed by atoms with Crippen molar-refractivity contribution >= 4 is 0 Å². The van der Waals surface area contributed by atoms with Gasteiger partial charge in [0.05, 0.1) is 0 Å². The maximum Gasteiger partial charge on any atom is -0.00624 e. The molecule has 0 amide bonds. The van der Waals surface area contributed by atoms with Crippen LogP contribution in [0.2, 0.25) is 0 Å². The molecule has 0 saturated heterocycles. The molecule has 0 N–H and O–H groups in total. The maximum absolute atomic E-state index is 4.42. The fourth-order valence-corrected chi connectivity index (χ4v) is 9.32. The van der Waals surface area contributed by atoms with Crippen molar-refractivity contribution in [1.82, 2.24) is 0 Å². The van der Waals surface area contributed by atoms with E-state index in [-0.39, 0.29) is 0 Å². The smallest absolute Gasteiger partial charge is 0.00624 e. The number of fused-ring (bicyclic) bond motifs is 5. The van der Waals surface area contributed by atoms with E-state index in [2.05, 4.69) is 65.0 Å². The molecule has 0 bridgehead atoms. The Balaban J connectivity index is 0.000000700. The van der Waals surface area contributed by atoms with Gasteiger partial charge in [-0.3, -0.25) is 0 Å². The van der Waals surface area contributed by atoms with Crippen molar-refractivity contribution in [2.24, 2.45) is 45.8 Å². The van der Waals surface area contributed by atoms with Crippen molar-refractivity contribution in [3.63, 3.8) is 0 Å². The Labute approximate surface area is 252 Å². The molecule has 0 nitrogen and oxygen atoms in total. The molecule has 0 radical (unpaired) electrons. The predicted molar refractivity (Wildman–Crippen MR) is 183 cm³/mol. The fraction of sp³-hybridized carbons (Fsp3) is 0.725. The fourth-order valence-electron chi connectivity index (χ4n) is 9.32. The molecule has 0 aromatic carbocycles. The van der Waals surface area contributed by atoms with Gasteiger partial charge in [-0.05, 0) is 142 Å². The summed E-state index contributed by atoms with van der Waals surface area (Å²) in [6.45, 7) is 35.6. The van der Waals surface area contributed by atoms with Gasteiger partial charge in [0.25, 0.3) is 0 Å². The minimum atomic E-state index is 0.425. The highest BCUT2D eigenvalue weighted by atomic mass is 14.6. The number of rotatable bonds is 6. The summed E-state index contributed by atoms with van der Waals surface area (Å²) in [6, 6.07) is 0. The molecule has 7 atom stereocenters. The molecule has 0 heterocycles. The summed E-state index contributed by atoms with van der Waals surface area (Å²) < 4.78 is 0. The predicted octanol–water partition coefficient (Wildman–Crippen LogP) is 13.1. The van der Waals surface area contributed by atoms with E-state index in [4.69, 9.17) is 0 Å². The van der Waals surface area contributed by atoms with E-state index in [1.165, 1.54) is 81.8 Å². The van der Waals surface area contributed by atoms with Crippen LogP contribution in [0.5, 0.6) is 0 Å². The lowest BCUT2D eigenvalue weighted by Crippen LogP contribution is -2.51. The third-order valence-electron chi connectivity index (χ3n) is 11.7. The Morgan fingerprint density at radius 3 is 1.95 bits per heavy atom. The molecule has 4 fully saturated rings. The lowest BCUT2D eigenvalue weighted by Gasteiger charge is -2.58. The van der Waals surface area contributed by atoms with E-state index in [1.54, 1.807) is 0 Å². The Morgan fingerprint density at radius 1 is 0.825 bits per heavy atom. The van der Waals surface area contributed by atoms with Crippen LogP contribution in [-0.4, -0.2) is 0 Å². The van der Waals surface area contributed by atoms with E-state index >= 15 is 0 Å². The van der Waals surface area contributed by atoms with Crippen LogP contribution in [0.15, 0.2) is 67.5 Å². The standard InChI is InChI=1S/C30H46.C6H10.2C2H6/c1-7-11-22(8-2)25-12-13-27-24-14-18-29(9-3)21-20-28(5,6)17-16-26(29)23(24)15-19-30(25,27)10-4;1-4-6(3)5-2;2*1-2/h7,9,23-27H,1-3,10-21H2,4-6H3;4-5H,1H2,2-3H3;2*1-2H3/b;6-5-;;/t23-,24+,25+,26+,27-,29+,30+;;;/m0.../s1. The summed E-state index contributed by atoms with van der Waals surface area (Å²) >= 11 is 0. The van der Waals surface area contributed by atoms with Gasteiger partial charge in [-0.25, -0.2) is 0 Å². The highest BCUT2D eigenvalue weighted by Crippen LogP contribution is 2.69. The molecular weight excluding hydrogens is 480 g/mol. The summed E-state index contributed by atoms with van der Waals surface area (Å²) in [5.41, 5.74) is 7.50. The van der Waals surface area contributed by atoms with E-state index in [1.807, 2.05) is 53.7 Å². The van der Waals surface area contributed by atoms with Gasteiger partial charge < -0.3 is 0 Å². The molecule has 4 rings (SSSR count). The van der Waals surface area contributed by atoms with Crippen molar-refractivity contribution in [3.8, 4) is 0 Å². The van der Waals surface area contributed by atoms with Crippen LogP contribution < -0.4 is 0 Å². The minimum absolute atomic E-state index is 0.425. The second-order valence-electron chi connectivity index (χ2n) is 13.4. The van der Waals surface area contributed by atoms with Crippen molar-refractivity contribution < 1.29 is 0 Å². The Morgan fingerprint density at radius 2 is 1.45 bits per heavy atom. The number of allylic oxidation sites excluding steroid dienone is 6. The molecule has 228 valence electrons. The second kappa shape index (κ2) is 16.8. The minimum Gasteiger partial charge on any atom is -0.129 e. The highest BCUT2D eigenvalue weighted by molar-refractivity contribution is 5.20. The summed E-state index contributed by atoms with van der Waals surface area (Å²) in [7, 11) is 0. The van der Waals surface area contributed by atoms with Crippen molar-refractivity contribution in [1.29, 1.82) is 0 Å². The van der Waals surface area contributed by atoms with Crippen molar-refractivity contribution in [2.75, 3.05) is 0 Å². The Kier molecular flexibility index (Phi) is 15.3. The molecule has 0 aromatic heterocycles. The quantitative estimate of drug-likeness (QED) is 0.176. The van der Waals surface area contributed by atoms with E-state index in [0.29, 0.717) is 22.2 Å². The summed E-state index contributed by atoms with van der Waals surface area (Å²) in [6.07, 6.45) is 24.8. The molecule has 0 heteroatoms. The zero-order valence-corrected chi connectivity index (χ0v) is 28.5. The first-order chi connectivity index (χ1) is 19.2. The molecule has 0 unspecified atom stereocenters. The molecular formula is C40H68. The third-order valence-corrected chi connectivity index (χ3v) is 11.7. The monoisotopic (exact) mass is 549 g/mol. The second-order valence-corrected chi connectivity index (χ2v) is 13.4. The van der Waals surface area contributed by atoms with Gasteiger partial charge in [0, 0.05) is 0 Å². The van der Waals surface area contributed by atoms with Gasteiger partial charge in [0.1, 0.15) is 0 Å². The molecule has 0 spiro atoms.